The van der Waals surface area contributed by atoms with Gasteiger partial charge in [-0.15, -0.1) is 32.9 Å². The van der Waals surface area contributed by atoms with Gasteiger partial charge >= 0.3 is 5.97 Å². The summed E-state index contributed by atoms with van der Waals surface area (Å²) >= 11 is 3.24. The largest absolute Gasteiger partial charge is 0.490 e. The lowest BCUT2D eigenvalue weighted by Crippen LogP contribution is -2.57. The molecule has 2 saturated heterocycles. The number of thiophene rings is 1. The summed E-state index contributed by atoms with van der Waals surface area (Å²) in [6.45, 7) is 16.9. The first kappa shape index (κ1) is 57.1. The molecule has 1 unspecified atom stereocenters. The Morgan fingerprint density at radius 2 is 1.60 bits per heavy atom. The standard InChI is InChI=1S/C62H70N10O9S2/c1-32-35(4)83-61-52(32)53(66-47(29-51(74)79-9)56-69-68-36(5)72(56)61)38-14-16-43(17-15-38)70-22-20-40(21-23-70)57(75)65-42-26-46(27-42)80-45-18-19-49-41(24-45)25-50(81-49)59(77)67-55(62(6,7)8)60(78)71-30-44(73)28-48(71)58(76)64-33(2)37-10-12-39(13-11-37)54-34(3)63-31-82-54/h10-19,24-25,31,33,40,42,44,46-48,55,73H,20-23,26-30H2,1-9H3,(H,64,76)(H,65,75)(H,67,77)/t33-,42?,44+,46?,47-,48-,55?/m0/s1. The molecule has 19 nitrogen and oxygen atoms in total. The number of carbonyl (C=O) groups excluding carboxylic acids is 5. The number of hydrogen-bond donors (Lipinski definition) is 4. The molecule has 83 heavy (non-hydrogen) atoms. The number of rotatable bonds is 15. The minimum absolute atomic E-state index is 0.000850. The number of aryl methyl sites for hydroxylation is 3. The highest BCUT2D eigenvalue weighted by molar-refractivity contribution is 7.15. The number of piperidine rings is 1. The van der Waals surface area contributed by atoms with E-state index < -0.39 is 47.4 Å². The van der Waals surface area contributed by atoms with Crippen molar-refractivity contribution in [1.82, 2.24) is 40.6 Å². The number of aliphatic imine (C=N–C) groups is 1. The van der Waals surface area contributed by atoms with Gasteiger partial charge in [-0.25, -0.2) is 4.98 Å². The Balaban J connectivity index is 0.656. The van der Waals surface area contributed by atoms with E-state index in [0.29, 0.717) is 35.4 Å². The van der Waals surface area contributed by atoms with Crippen LogP contribution in [0.15, 0.2) is 87.7 Å². The number of ether oxygens (including phenoxy) is 2. The molecule has 0 bridgehead atoms. The van der Waals surface area contributed by atoms with Gasteiger partial charge < -0.3 is 44.7 Å². The summed E-state index contributed by atoms with van der Waals surface area (Å²) in [7, 11) is 1.38. The van der Waals surface area contributed by atoms with Crippen molar-refractivity contribution >= 4 is 74.6 Å². The molecule has 4 amide bonds. The molecular formula is C62H70N10O9S2. The summed E-state index contributed by atoms with van der Waals surface area (Å²) < 4.78 is 19.4. The summed E-state index contributed by atoms with van der Waals surface area (Å²) in [4.78, 5) is 83.8. The molecule has 1 saturated carbocycles. The van der Waals surface area contributed by atoms with E-state index in [1.165, 1.54) is 16.9 Å². The van der Waals surface area contributed by atoms with Crippen LogP contribution in [0.3, 0.4) is 0 Å². The number of methoxy groups -OCH3 is 1. The fourth-order valence-electron chi connectivity index (χ4n) is 11.7. The molecule has 5 atom stereocenters. The van der Waals surface area contributed by atoms with Crippen LogP contribution in [0.25, 0.3) is 26.4 Å². The highest BCUT2D eigenvalue weighted by Gasteiger charge is 2.45. The van der Waals surface area contributed by atoms with Gasteiger partial charge in [0.2, 0.25) is 17.7 Å². The Morgan fingerprint density at radius 3 is 2.29 bits per heavy atom. The Hall–Kier alpha value is -7.75. The Bertz CT molecular complexity index is 3640. The smallest absolute Gasteiger partial charge is 0.308 e. The van der Waals surface area contributed by atoms with Crippen LogP contribution in [0.5, 0.6) is 5.75 Å². The third-order valence-corrected chi connectivity index (χ3v) is 18.9. The Kier molecular flexibility index (Phi) is 15.9. The van der Waals surface area contributed by atoms with E-state index in [4.69, 9.17) is 18.9 Å². The van der Waals surface area contributed by atoms with E-state index in [1.54, 1.807) is 40.9 Å². The van der Waals surface area contributed by atoms with Crippen molar-refractivity contribution in [3.8, 4) is 21.2 Å². The zero-order chi connectivity index (χ0) is 58.6. The van der Waals surface area contributed by atoms with Crippen LogP contribution in [-0.2, 0) is 23.9 Å². The number of likely N-dealkylation sites (tertiary alicyclic amines) is 1. The lowest BCUT2D eigenvalue weighted by atomic mass is 9.85. The molecule has 21 heteroatoms. The molecule has 4 aliphatic rings. The van der Waals surface area contributed by atoms with Gasteiger partial charge in [0.25, 0.3) is 5.91 Å². The Morgan fingerprint density at radius 1 is 0.880 bits per heavy atom. The number of hydrogen-bond acceptors (Lipinski definition) is 16. The molecule has 3 fully saturated rings. The van der Waals surface area contributed by atoms with Gasteiger partial charge in [0.15, 0.2) is 11.6 Å². The van der Waals surface area contributed by atoms with Crippen molar-refractivity contribution in [1.29, 1.82) is 0 Å². The number of carbonyl (C=O) groups is 5. The highest BCUT2D eigenvalue weighted by atomic mass is 32.1. The lowest BCUT2D eigenvalue weighted by molar-refractivity contribution is -0.142. The molecule has 3 aromatic carbocycles. The Labute approximate surface area is 489 Å². The second kappa shape index (κ2) is 23.1. The van der Waals surface area contributed by atoms with Gasteiger partial charge in [-0.1, -0.05) is 57.2 Å². The molecule has 11 rings (SSSR count). The average molecular weight is 1160 g/mol. The first-order chi connectivity index (χ1) is 39.7. The van der Waals surface area contributed by atoms with Crippen LogP contribution in [0, 0.1) is 39.0 Å². The molecule has 7 aromatic rings. The number of nitrogens with zero attached hydrogens (tertiary/aromatic N) is 7. The molecule has 434 valence electrons. The fraction of sp³-hybridized carbons (Fsp3) is 0.435. The van der Waals surface area contributed by atoms with Crippen molar-refractivity contribution in [3.05, 3.63) is 129 Å². The first-order valence-corrected chi connectivity index (χ1v) is 30.0. The zero-order valence-corrected chi connectivity index (χ0v) is 49.8. The molecule has 4 N–H and O–H groups in total. The van der Waals surface area contributed by atoms with Crippen LogP contribution >= 0.6 is 22.7 Å². The average Bonchev–Trinajstić information content (AvgIpc) is 2.23. The van der Waals surface area contributed by atoms with Gasteiger partial charge in [-0.05, 0) is 106 Å². The van der Waals surface area contributed by atoms with Crippen LogP contribution in [0.2, 0.25) is 0 Å². The number of amides is 4. The van der Waals surface area contributed by atoms with E-state index in [2.05, 4.69) is 74.1 Å². The number of aromatic nitrogens is 4. The van der Waals surface area contributed by atoms with Crippen molar-refractivity contribution in [3.63, 3.8) is 0 Å². The molecule has 1 aliphatic carbocycles. The van der Waals surface area contributed by atoms with E-state index >= 15 is 0 Å². The van der Waals surface area contributed by atoms with Gasteiger partial charge in [-0.3, -0.25) is 33.5 Å². The van der Waals surface area contributed by atoms with E-state index in [-0.39, 0.29) is 61.1 Å². The van der Waals surface area contributed by atoms with Crippen molar-refractivity contribution in [2.75, 3.05) is 31.6 Å². The number of nitrogens with one attached hydrogen (secondary N) is 3. The number of furan rings is 1. The highest BCUT2D eigenvalue weighted by Crippen LogP contribution is 2.41. The predicted octanol–water partition coefficient (Wildman–Crippen LogP) is 8.81. The van der Waals surface area contributed by atoms with Crippen molar-refractivity contribution < 1.29 is 43.0 Å². The lowest BCUT2D eigenvalue weighted by Gasteiger charge is -2.38. The van der Waals surface area contributed by atoms with Crippen LogP contribution in [-0.4, -0.2) is 122 Å². The van der Waals surface area contributed by atoms with Crippen LogP contribution < -0.4 is 25.6 Å². The van der Waals surface area contributed by atoms with Crippen molar-refractivity contribution in [2.45, 2.75) is 136 Å². The van der Waals surface area contributed by atoms with Crippen molar-refractivity contribution in [2.24, 2.45) is 16.3 Å². The van der Waals surface area contributed by atoms with Gasteiger partial charge in [0, 0.05) is 77.9 Å². The summed E-state index contributed by atoms with van der Waals surface area (Å²) in [6, 6.07) is 20.3. The second-order valence-corrected chi connectivity index (χ2v) is 25.6. The van der Waals surface area contributed by atoms with Crippen LogP contribution in [0.4, 0.5) is 5.69 Å². The maximum atomic E-state index is 14.4. The molecule has 7 heterocycles. The van der Waals surface area contributed by atoms with E-state index in [0.717, 1.165) is 86.5 Å². The number of β-amino-alcohol motifs (C(OH)–C–C–N with tert-alkyl or cyclic N) is 1. The number of fused-ring (bicyclic) bond motifs is 4. The fourth-order valence-corrected chi connectivity index (χ4v) is 13.7. The normalized spacial score (nSPS) is 20.6. The summed E-state index contributed by atoms with van der Waals surface area (Å²) in [5.41, 5.74) is 9.32. The minimum atomic E-state index is -1.06. The third kappa shape index (κ3) is 11.7. The SMILES string of the molecule is COC(=O)C[C@@H]1N=C(c2ccc(N3CCC(C(=O)NC4CC(Oc5ccc6oc(C(=O)NC(C(=O)N7C[C@H](O)C[C@H]7C(=O)N[C@@H](C)c7ccc(-c8scnc8C)cc7)C(C)(C)C)cc6c5)C4)CC3)cc2)c2c(sc(C)c2C)-n2c(C)nnc21. The molecule has 0 spiro atoms. The van der Waals surface area contributed by atoms with Gasteiger partial charge in [-0.2, -0.15) is 0 Å². The molecule has 4 aromatic heterocycles. The molecule has 3 aliphatic heterocycles. The van der Waals surface area contributed by atoms with E-state index in [1.807, 2.05) is 82.0 Å². The zero-order valence-electron chi connectivity index (χ0n) is 48.1. The molecule has 0 radical (unpaired) electrons. The topological polar surface area (TPSA) is 236 Å². The predicted molar refractivity (Wildman–Crippen MR) is 317 cm³/mol. The summed E-state index contributed by atoms with van der Waals surface area (Å²) in [6.07, 6.45) is 1.85. The summed E-state index contributed by atoms with van der Waals surface area (Å²) in [5.74, 6) is 0.0789. The number of aliphatic hydroxyl groups is 1. The first-order valence-electron chi connectivity index (χ1n) is 28.3. The van der Waals surface area contributed by atoms with Gasteiger partial charge in [0.05, 0.1) is 47.5 Å². The number of anilines is 1. The van der Waals surface area contributed by atoms with E-state index in [9.17, 15) is 29.1 Å². The summed E-state index contributed by atoms with van der Waals surface area (Å²) in [5, 5.41) is 30.5. The minimum Gasteiger partial charge on any atom is -0.490 e. The van der Waals surface area contributed by atoms with Crippen LogP contribution in [0.1, 0.15) is 133 Å². The number of thiazole rings is 1. The number of benzene rings is 3. The number of esters is 1. The molecular weight excluding hydrogens is 1090 g/mol. The maximum Gasteiger partial charge on any atom is 0.308 e. The quantitative estimate of drug-likeness (QED) is 0.0704. The third-order valence-electron chi connectivity index (χ3n) is 16.7. The van der Waals surface area contributed by atoms with Gasteiger partial charge in [0.1, 0.15) is 46.4 Å². The monoisotopic (exact) mass is 1160 g/mol. The number of aliphatic hydroxyl groups excluding tert-OH is 1. The maximum absolute atomic E-state index is 14.4. The second-order valence-electron chi connectivity index (χ2n) is 23.5.